The molecule has 1 heterocycles. The lowest BCUT2D eigenvalue weighted by Crippen LogP contribution is -2.45. The third-order valence-corrected chi connectivity index (χ3v) is 7.53. The average Bonchev–Trinajstić information content (AvgIpc) is 2.82. The van der Waals surface area contributed by atoms with E-state index in [2.05, 4.69) is 5.32 Å². The van der Waals surface area contributed by atoms with Crippen LogP contribution in [0.4, 0.5) is 0 Å². The molecule has 0 spiro atoms. The molecule has 1 amide bonds. The van der Waals surface area contributed by atoms with Gasteiger partial charge in [-0.1, -0.05) is 11.6 Å². The highest BCUT2D eigenvalue weighted by Gasteiger charge is 2.33. The first-order chi connectivity index (χ1) is 15.3. The van der Waals surface area contributed by atoms with Crippen molar-refractivity contribution in [3.63, 3.8) is 0 Å². The van der Waals surface area contributed by atoms with E-state index in [0.29, 0.717) is 41.7 Å². The van der Waals surface area contributed by atoms with Crippen molar-refractivity contribution in [1.29, 1.82) is 0 Å². The lowest BCUT2D eigenvalue weighted by atomic mass is 9.98. The maximum atomic E-state index is 13.0. The number of halogens is 1. The molecule has 174 valence electrons. The SMILES string of the molecule is COc1cc(CNC(=O)[C@@H]2CCCN(S(=O)(=O)c3ccc(Cl)cc3)C2)cc(OC)c1OC. The summed E-state index contributed by atoms with van der Waals surface area (Å²) < 4.78 is 43.3. The van der Waals surface area contributed by atoms with E-state index in [1.165, 1.54) is 37.8 Å². The second kappa shape index (κ2) is 10.4. The first-order valence-corrected chi connectivity index (χ1v) is 11.9. The van der Waals surface area contributed by atoms with Crippen molar-refractivity contribution in [1.82, 2.24) is 9.62 Å². The minimum atomic E-state index is -3.69. The molecule has 8 nitrogen and oxygen atoms in total. The van der Waals surface area contributed by atoms with Crippen LogP contribution in [-0.2, 0) is 21.4 Å². The maximum Gasteiger partial charge on any atom is 0.243 e. The number of nitrogens with zero attached hydrogens (tertiary/aromatic N) is 1. The molecule has 1 N–H and O–H groups in total. The summed E-state index contributed by atoms with van der Waals surface area (Å²) in [6, 6.07) is 9.57. The number of ether oxygens (including phenoxy) is 3. The van der Waals surface area contributed by atoms with Crippen LogP contribution in [-0.4, -0.2) is 53.0 Å². The zero-order valence-electron chi connectivity index (χ0n) is 18.3. The van der Waals surface area contributed by atoms with E-state index in [-0.39, 0.29) is 23.9 Å². The number of carbonyl (C=O) groups excluding carboxylic acids is 1. The van der Waals surface area contributed by atoms with Gasteiger partial charge in [0.25, 0.3) is 0 Å². The second-order valence-electron chi connectivity index (χ2n) is 7.41. The number of sulfonamides is 1. The third-order valence-electron chi connectivity index (χ3n) is 5.40. The molecule has 32 heavy (non-hydrogen) atoms. The Kier molecular flexibility index (Phi) is 7.86. The first-order valence-electron chi connectivity index (χ1n) is 10.1. The topological polar surface area (TPSA) is 94.2 Å². The van der Waals surface area contributed by atoms with Crippen molar-refractivity contribution in [3.8, 4) is 17.2 Å². The van der Waals surface area contributed by atoms with Crippen LogP contribution >= 0.6 is 11.6 Å². The van der Waals surface area contributed by atoms with Gasteiger partial charge in [0.05, 0.1) is 32.1 Å². The van der Waals surface area contributed by atoms with Crippen molar-refractivity contribution in [2.45, 2.75) is 24.3 Å². The molecule has 1 saturated heterocycles. The molecule has 0 unspecified atom stereocenters. The standard InChI is InChI=1S/C22H27ClN2O6S/c1-29-19-11-15(12-20(30-2)21(19)31-3)13-24-22(26)16-5-4-10-25(14-16)32(27,28)18-8-6-17(23)7-9-18/h6-9,11-12,16H,4-5,10,13-14H2,1-3H3,(H,24,26)/t16-/m1/s1. The molecule has 0 saturated carbocycles. The Morgan fingerprint density at radius 3 is 2.28 bits per heavy atom. The summed E-state index contributed by atoms with van der Waals surface area (Å²) in [6.45, 7) is 0.754. The van der Waals surface area contributed by atoms with Crippen molar-refractivity contribution in [3.05, 3.63) is 47.0 Å². The highest BCUT2D eigenvalue weighted by atomic mass is 35.5. The maximum absolute atomic E-state index is 13.0. The van der Waals surface area contributed by atoms with Crippen molar-refractivity contribution < 1.29 is 27.4 Å². The third kappa shape index (κ3) is 5.28. The van der Waals surface area contributed by atoms with Crippen LogP contribution in [0.3, 0.4) is 0 Å². The van der Waals surface area contributed by atoms with Crippen LogP contribution in [0.1, 0.15) is 18.4 Å². The summed E-state index contributed by atoms with van der Waals surface area (Å²) in [7, 11) is 0.883. The zero-order valence-corrected chi connectivity index (χ0v) is 19.8. The fraction of sp³-hybridized carbons (Fsp3) is 0.409. The van der Waals surface area contributed by atoms with E-state index >= 15 is 0 Å². The number of hydrogen-bond donors (Lipinski definition) is 1. The number of hydrogen-bond acceptors (Lipinski definition) is 6. The van der Waals surface area contributed by atoms with Gasteiger partial charge >= 0.3 is 0 Å². The van der Waals surface area contributed by atoms with Gasteiger partial charge in [0, 0.05) is 24.7 Å². The Labute approximate surface area is 193 Å². The molecule has 1 aliphatic heterocycles. The van der Waals surface area contributed by atoms with E-state index < -0.39 is 15.9 Å². The first kappa shape index (κ1) is 24.2. The number of amides is 1. The van der Waals surface area contributed by atoms with Crippen LogP contribution in [0.15, 0.2) is 41.3 Å². The largest absolute Gasteiger partial charge is 0.493 e. The minimum absolute atomic E-state index is 0.131. The summed E-state index contributed by atoms with van der Waals surface area (Å²) in [4.78, 5) is 13.0. The molecular weight excluding hydrogens is 456 g/mol. The fourth-order valence-corrected chi connectivity index (χ4v) is 5.35. The van der Waals surface area contributed by atoms with E-state index in [1.54, 1.807) is 24.3 Å². The summed E-state index contributed by atoms with van der Waals surface area (Å²) in [5, 5.41) is 3.36. The van der Waals surface area contributed by atoms with Gasteiger partial charge in [-0.2, -0.15) is 4.31 Å². The number of carbonyl (C=O) groups is 1. The van der Waals surface area contributed by atoms with Gasteiger partial charge in [0.2, 0.25) is 21.7 Å². The van der Waals surface area contributed by atoms with Crippen molar-refractivity contribution >= 4 is 27.5 Å². The van der Waals surface area contributed by atoms with E-state index in [4.69, 9.17) is 25.8 Å². The zero-order chi connectivity index (χ0) is 23.3. The second-order valence-corrected chi connectivity index (χ2v) is 9.78. The lowest BCUT2D eigenvalue weighted by molar-refractivity contribution is -0.126. The normalized spacial score (nSPS) is 16.9. The van der Waals surface area contributed by atoms with Gasteiger partial charge in [-0.25, -0.2) is 8.42 Å². The molecule has 10 heteroatoms. The Bertz CT molecular complexity index is 1030. The van der Waals surface area contributed by atoms with Gasteiger partial charge in [-0.05, 0) is 54.8 Å². The fourth-order valence-electron chi connectivity index (χ4n) is 3.70. The number of benzene rings is 2. The van der Waals surface area contributed by atoms with Crippen LogP contribution < -0.4 is 19.5 Å². The molecule has 2 aromatic carbocycles. The van der Waals surface area contributed by atoms with Crippen LogP contribution in [0.2, 0.25) is 5.02 Å². The Morgan fingerprint density at radius 1 is 1.09 bits per heavy atom. The summed E-state index contributed by atoms with van der Waals surface area (Å²) >= 11 is 5.87. The number of nitrogens with one attached hydrogen (secondary N) is 1. The molecule has 0 bridgehead atoms. The monoisotopic (exact) mass is 482 g/mol. The van der Waals surface area contributed by atoms with Crippen LogP contribution in [0.25, 0.3) is 0 Å². The smallest absolute Gasteiger partial charge is 0.243 e. The predicted molar refractivity (Wildman–Crippen MR) is 121 cm³/mol. The molecule has 3 rings (SSSR count). The van der Waals surface area contributed by atoms with Crippen LogP contribution in [0, 0.1) is 5.92 Å². The van der Waals surface area contributed by atoms with Gasteiger partial charge in [0.15, 0.2) is 11.5 Å². The van der Waals surface area contributed by atoms with Gasteiger partial charge in [-0.15, -0.1) is 0 Å². The highest BCUT2D eigenvalue weighted by Crippen LogP contribution is 2.38. The number of piperidine rings is 1. The quantitative estimate of drug-likeness (QED) is 0.621. The molecule has 0 aliphatic carbocycles. The van der Waals surface area contributed by atoms with E-state index in [0.717, 1.165) is 5.56 Å². The molecule has 1 fully saturated rings. The predicted octanol–water partition coefficient (Wildman–Crippen LogP) is 3.08. The average molecular weight is 483 g/mol. The van der Waals surface area contributed by atoms with Gasteiger partial charge < -0.3 is 19.5 Å². The van der Waals surface area contributed by atoms with Gasteiger partial charge in [0.1, 0.15) is 0 Å². The molecule has 0 radical (unpaired) electrons. The van der Waals surface area contributed by atoms with Crippen molar-refractivity contribution in [2.75, 3.05) is 34.4 Å². The van der Waals surface area contributed by atoms with Crippen LogP contribution in [0.5, 0.6) is 17.2 Å². The summed E-state index contributed by atoms with van der Waals surface area (Å²) in [5.74, 6) is 0.825. The molecule has 1 aliphatic rings. The molecule has 2 aromatic rings. The summed E-state index contributed by atoms with van der Waals surface area (Å²) in [5.41, 5.74) is 0.773. The number of methoxy groups -OCH3 is 3. The van der Waals surface area contributed by atoms with Gasteiger partial charge in [-0.3, -0.25) is 4.79 Å². The highest BCUT2D eigenvalue weighted by molar-refractivity contribution is 7.89. The molecular formula is C22H27ClN2O6S. The van der Waals surface area contributed by atoms with E-state index in [9.17, 15) is 13.2 Å². The minimum Gasteiger partial charge on any atom is -0.493 e. The lowest BCUT2D eigenvalue weighted by Gasteiger charge is -2.31. The van der Waals surface area contributed by atoms with Crippen molar-refractivity contribution in [2.24, 2.45) is 5.92 Å². The molecule has 0 aromatic heterocycles. The Balaban J connectivity index is 1.68. The Morgan fingerprint density at radius 2 is 1.72 bits per heavy atom. The Hall–Kier alpha value is -2.49. The number of rotatable bonds is 8. The summed E-state index contributed by atoms with van der Waals surface area (Å²) in [6.07, 6.45) is 1.23. The van der Waals surface area contributed by atoms with E-state index in [1.807, 2.05) is 0 Å². The molecule has 1 atom stereocenters.